The lowest BCUT2D eigenvalue weighted by Gasteiger charge is -2.40. The van der Waals surface area contributed by atoms with Gasteiger partial charge in [-0.1, -0.05) is 42.8 Å². The molecular formula is C24H28ClN3O2. The molecule has 5 nitrogen and oxygen atoms in total. The summed E-state index contributed by atoms with van der Waals surface area (Å²) in [6.07, 6.45) is 2.92. The van der Waals surface area contributed by atoms with Crippen molar-refractivity contribution in [2.24, 2.45) is 5.92 Å². The van der Waals surface area contributed by atoms with Gasteiger partial charge in [0, 0.05) is 30.3 Å². The maximum atomic E-state index is 13.5. The first-order valence-electron chi connectivity index (χ1n) is 10.7. The Hall–Kier alpha value is -2.37. The number of hydrogen-bond donors (Lipinski definition) is 1. The van der Waals surface area contributed by atoms with Crippen LogP contribution >= 0.6 is 11.6 Å². The predicted molar refractivity (Wildman–Crippen MR) is 120 cm³/mol. The summed E-state index contributed by atoms with van der Waals surface area (Å²) in [5.74, 6) is 0.657. The van der Waals surface area contributed by atoms with Crippen molar-refractivity contribution in [3.8, 4) is 0 Å². The van der Waals surface area contributed by atoms with E-state index in [0.29, 0.717) is 23.2 Å². The molecule has 0 bridgehead atoms. The van der Waals surface area contributed by atoms with E-state index in [2.05, 4.69) is 18.3 Å². The van der Waals surface area contributed by atoms with Crippen LogP contribution in [0, 0.1) is 5.92 Å². The topological polar surface area (TPSA) is 52.7 Å². The summed E-state index contributed by atoms with van der Waals surface area (Å²) in [6.45, 7) is 4.70. The van der Waals surface area contributed by atoms with Crippen LogP contribution in [-0.4, -0.2) is 47.8 Å². The zero-order valence-electron chi connectivity index (χ0n) is 17.3. The summed E-state index contributed by atoms with van der Waals surface area (Å²) in [5, 5.41) is 3.55. The molecule has 1 fully saturated rings. The maximum Gasteiger partial charge on any atom is 0.244 e. The zero-order valence-corrected chi connectivity index (χ0v) is 18.1. The van der Waals surface area contributed by atoms with Crippen LogP contribution < -0.4 is 5.32 Å². The summed E-state index contributed by atoms with van der Waals surface area (Å²) >= 11 is 5.93. The number of carbonyl (C=O) groups excluding carboxylic acids is 2. The van der Waals surface area contributed by atoms with Gasteiger partial charge in [-0.05, 0) is 60.6 Å². The summed E-state index contributed by atoms with van der Waals surface area (Å²) in [5.41, 5.74) is 2.94. The Morgan fingerprint density at radius 1 is 1.03 bits per heavy atom. The number of nitrogens with zero attached hydrogens (tertiary/aromatic N) is 2. The number of piperidine rings is 1. The number of halogens is 1. The molecule has 6 heteroatoms. The summed E-state index contributed by atoms with van der Waals surface area (Å²) in [6, 6.07) is 14.8. The molecule has 2 heterocycles. The Balaban J connectivity index is 1.52. The molecule has 4 rings (SSSR count). The van der Waals surface area contributed by atoms with Gasteiger partial charge in [0.1, 0.15) is 6.04 Å². The molecule has 0 unspecified atom stereocenters. The number of benzene rings is 2. The molecule has 158 valence electrons. The van der Waals surface area contributed by atoms with Gasteiger partial charge in [0.05, 0.1) is 6.54 Å². The van der Waals surface area contributed by atoms with E-state index in [-0.39, 0.29) is 18.4 Å². The first-order valence-corrected chi connectivity index (χ1v) is 11.0. The van der Waals surface area contributed by atoms with Crippen LogP contribution in [0.1, 0.15) is 36.9 Å². The molecule has 0 aliphatic carbocycles. The highest BCUT2D eigenvalue weighted by Crippen LogP contribution is 2.32. The van der Waals surface area contributed by atoms with Crippen molar-refractivity contribution in [3.05, 3.63) is 64.7 Å². The Bertz CT molecular complexity index is 907. The molecule has 0 spiro atoms. The Kier molecular flexibility index (Phi) is 6.40. The van der Waals surface area contributed by atoms with Crippen molar-refractivity contribution in [2.45, 2.75) is 32.2 Å². The molecule has 30 heavy (non-hydrogen) atoms. The second-order valence-electron chi connectivity index (χ2n) is 8.38. The molecule has 2 aromatic rings. The highest BCUT2D eigenvalue weighted by Gasteiger charge is 2.37. The van der Waals surface area contributed by atoms with Gasteiger partial charge in [-0.3, -0.25) is 14.5 Å². The molecule has 0 radical (unpaired) electrons. The van der Waals surface area contributed by atoms with E-state index in [9.17, 15) is 9.59 Å². The van der Waals surface area contributed by atoms with Crippen LogP contribution in [-0.2, 0) is 16.0 Å². The fourth-order valence-electron chi connectivity index (χ4n) is 4.40. The zero-order chi connectivity index (χ0) is 21.1. The lowest BCUT2D eigenvalue weighted by atomic mass is 9.90. The van der Waals surface area contributed by atoms with Crippen LogP contribution in [0.5, 0.6) is 0 Å². The number of hydrogen-bond acceptors (Lipinski definition) is 3. The lowest BCUT2D eigenvalue weighted by molar-refractivity contribution is -0.139. The number of carbonyl (C=O) groups is 2. The standard InChI is InChI=1S/C24H28ClN3O2/c1-17-10-13-27(14-11-17)24(30)23-21-5-3-2-4-18(21)12-15-28(23)16-22(29)26-20-8-6-19(25)7-9-20/h2-9,17,23H,10-16H2,1H3,(H,26,29)/t23-/m1/s1. The maximum absolute atomic E-state index is 13.5. The molecule has 0 aromatic heterocycles. The van der Waals surface area contributed by atoms with Crippen LogP contribution in [0.2, 0.25) is 5.02 Å². The summed E-state index contributed by atoms with van der Waals surface area (Å²) in [7, 11) is 0. The molecule has 2 aliphatic rings. The smallest absolute Gasteiger partial charge is 0.244 e. The van der Waals surface area contributed by atoms with Crippen LogP contribution in [0.3, 0.4) is 0 Å². The molecule has 1 atom stereocenters. The molecular weight excluding hydrogens is 398 g/mol. The Labute approximate surface area is 183 Å². The fraction of sp³-hybridized carbons (Fsp3) is 0.417. The molecule has 2 aromatic carbocycles. The van der Waals surface area contributed by atoms with Crippen LogP contribution in [0.25, 0.3) is 0 Å². The van der Waals surface area contributed by atoms with Gasteiger partial charge in [-0.15, -0.1) is 0 Å². The number of anilines is 1. The third kappa shape index (κ3) is 4.68. The number of rotatable bonds is 4. The molecule has 2 aliphatic heterocycles. The molecule has 1 saturated heterocycles. The summed E-state index contributed by atoms with van der Waals surface area (Å²) < 4.78 is 0. The van der Waals surface area contributed by atoms with Crippen LogP contribution in [0.4, 0.5) is 5.69 Å². The summed E-state index contributed by atoms with van der Waals surface area (Å²) in [4.78, 5) is 30.3. The monoisotopic (exact) mass is 425 g/mol. The molecule has 2 amide bonds. The number of fused-ring (bicyclic) bond motifs is 1. The largest absolute Gasteiger partial charge is 0.341 e. The van der Waals surface area contributed by atoms with Crippen molar-refractivity contribution < 1.29 is 9.59 Å². The van der Waals surface area contributed by atoms with Gasteiger partial charge >= 0.3 is 0 Å². The lowest BCUT2D eigenvalue weighted by Crippen LogP contribution is -2.50. The van der Waals surface area contributed by atoms with Crippen molar-refractivity contribution in [3.63, 3.8) is 0 Å². The SMILES string of the molecule is CC1CCN(C(=O)[C@H]2c3ccccc3CCN2CC(=O)Nc2ccc(Cl)cc2)CC1. The van der Waals surface area contributed by atoms with E-state index < -0.39 is 6.04 Å². The number of nitrogens with one attached hydrogen (secondary N) is 1. The van der Waals surface area contributed by atoms with Gasteiger partial charge < -0.3 is 10.2 Å². The Morgan fingerprint density at radius 3 is 2.47 bits per heavy atom. The van der Waals surface area contributed by atoms with Gasteiger partial charge in [0.15, 0.2) is 0 Å². The van der Waals surface area contributed by atoms with Crippen molar-refractivity contribution in [1.29, 1.82) is 0 Å². The Morgan fingerprint density at radius 2 is 1.73 bits per heavy atom. The quantitative estimate of drug-likeness (QED) is 0.801. The second-order valence-corrected chi connectivity index (χ2v) is 8.82. The second kappa shape index (κ2) is 9.19. The highest BCUT2D eigenvalue weighted by atomic mass is 35.5. The van der Waals surface area contributed by atoms with Crippen molar-refractivity contribution >= 4 is 29.1 Å². The van der Waals surface area contributed by atoms with Crippen molar-refractivity contribution in [2.75, 3.05) is 31.5 Å². The minimum absolute atomic E-state index is 0.119. The normalized spacial score (nSPS) is 19.9. The van der Waals surface area contributed by atoms with E-state index in [4.69, 9.17) is 11.6 Å². The third-order valence-corrected chi connectivity index (χ3v) is 6.44. The van der Waals surface area contributed by atoms with Gasteiger partial charge in [-0.2, -0.15) is 0 Å². The van der Waals surface area contributed by atoms with E-state index in [1.807, 2.05) is 28.0 Å². The minimum Gasteiger partial charge on any atom is -0.341 e. The van der Waals surface area contributed by atoms with Gasteiger partial charge in [0.25, 0.3) is 0 Å². The highest BCUT2D eigenvalue weighted by molar-refractivity contribution is 6.30. The van der Waals surface area contributed by atoms with Crippen LogP contribution in [0.15, 0.2) is 48.5 Å². The molecule has 1 N–H and O–H groups in total. The van der Waals surface area contributed by atoms with E-state index in [1.54, 1.807) is 24.3 Å². The van der Waals surface area contributed by atoms with Crippen molar-refractivity contribution in [1.82, 2.24) is 9.80 Å². The minimum atomic E-state index is -0.403. The first-order chi connectivity index (χ1) is 14.5. The van der Waals surface area contributed by atoms with E-state index in [1.165, 1.54) is 5.56 Å². The average molecular weight is 426 g/mol. The third-order valence-electron chi connectivity index (χ3n) is 6.19. The van der Waals surface area contributed by atoms with E-state index in [0.717, 1.165) is 37.9 Å². The average Bonchev–Trinajstić information content (AvgIpc) is 2.75. The fourth-order valence-corrected chi connectivity index (χ4v) is 4.52. The van der Waals surface area contributed by atoms with Gasteiger partial charge in [0.2, 0.25) is 11.8 Å². The predicted octanol–water partition coefficient (Wildman–Crippen LogP) is 4.14. The molecule has 0 saturated carbocycles. The van der Waals surface area contributed by atoms with Gasteiger partial charge in [-0.25, -0.2) is 0 Å². The first kappa shape index (κ1) is 20.9. The number of likely N-dealkylation sites (tertiary alicyclic amines) is 1. The van der Waals surface area contributed by atoms with E-state index >= 15 is 0 Å². The number of amides is 2.